The Morgan fingerprint density at radius 2 is 1.87 bits per heavy atom. The summed E-state index contributed by atoms with van der Waals surface area (Å²) in [5.74, 6) is 2.13. The average molecular weight is 324 g/mol. The van der Waals surface area contributed by atoms with E-state index in [1.165, 1.54) is 6.07 Å². The molecule has 0 amide bonds. The van der Waals surface area contributed by atoms with Crippen LogP contribution in [0.15, 0.2) is 10.6 Å². The maximum atomic E-state index is 12.9. The third-order valence-electron chi connectivity index (χ3n) is 3.70. The lowest BCUT2D eigenvalue weighted by Gasteiger charge is -2.34. The fourth-order valence-electron chi connectivity index (χ4n) is 2.59. The van der Waals surface area contributed by atoms with Crippen LogP contribution in [0, 0.1) is 13.8 Å². The van der Waals surface area contributed by atoms with Crippen molar-refractivity contribution < 1.29 is 13.3 Å². The van der Waals surface area contributed by atoms with Crippen molar-refractivity contribution in [2.45, 2.75) is 26.8 Å². The largest absolute Gasteiger partial charge is 0.354 e. The van der Waals surface area contributed by atoms with E-state index >= 15 is 0 Å². The molecule has 1 aliphatic rings. The van der Waals surface area contributed by atoms with Crippen LogP contribution in [0.25, 0.3) is 0 Å². The number of rotatable bonds is 4. The van der Waals surface area contributed by atoms with E-state index in [0.717, 1.165) is 13.1 Å². The summed E-state index contributed by atoms with van der Waals surface area (Å²) in [7, 11) is 0. The summed E-state index contributed by atoms with van der Waals surface area (Å²) in [5.41, 5.74) is -0.225. The Balaban J connectivity index is 1.62. The minimum atomic E-state index is -2.58. The van der Waals surface area contributed by atoms with E-state index in [-0.39, 0.29) is 5.69 Å². The standard InChI is InChI=1S/C14H18F2N6O/c1-9-17-11(14(15)16)7-13(18-9)22-5-3-21(4-6-22)8-12-19-10(2)23-20-12/h7,14H,3-6,8H2,1-2H3. The van der Waals surface area contributed by atoms with Gasteiger partial charge in [-0.05, 0) is 6.92 Å². The molecule has 0 unspecified atom stereocenters. The normalized spacial score (nSPS) is 16.3. The molecule has 2 aromatic heterocycles. The first kappa shape index (κ1) is 15.7. The van der Waals surface area contributed by atoms with Gasteiger partial charge in [0, 0.05) is 39.2 Å². The first-order valence-electron chi connectivity index (χ1n) is 7.41. The topological polar surface area (TPSA) is 71.2 Å². The van der Waals surface area contributed by atoms with Crippen LogP contribution >= 0.6 is 0 Å². The van der Waals surface area contributed by atoms with Gasteiger partial charge in [-0.15, -0.1) is 0 Å². The van der Waals surface area contributed by atoms with E-state index in [2.05, 4.69) is 25.0 Å². The molecule has 9 heteroatoms. The Kier molecular flexibility index (Phi) is 4.46. The predicted molar refractivity (Wildman–Crippen MR) is 78.3 cm³/mol. The highest BCUT2D eigenvalue weighted by molar-refractivity contribution is 5.40. The summed E-state index contributed by atoms with van der Waals surface area (Å²) in [6.07, 6.45) is -2.58. The van der Waals surface area contributed by atoms with Crippen molar-refractivity contribution in [2.24, 2.45) is 0 Å². The lowest BCUT2D eigenvalue weighted by Crippen LogP contribution is -2.46. The molecule has 0 radical (unpaired) electrons. The number of anilines is 1. The molecule has 1 fully saturated rings. The molecule has 0 aromatic carbocycles. The maximum Gasteiger partial charge on any atom is 0.280 e. The van der Waals surface area contributed by atoms with E-state index in [1.807, 2.05) is 4.90 Å². The number of hydrogen-bond acceptors (Lipinski definition) is 7. The summed E-state index contributed by atoms with van der Waals surface area (Å²) in [4.78, 5) is 16.4. The van der Waals surface area contributed by atoms with Gasteiger partial charge in [0.1, 0.15) is 17.3 Å². The molecule has 0 bridgehead atoms. The molecule has 0 atom stereocenters. The van der Waals surface area contributed by atoms with Crippen molar-refractivity contribution in [2.75, 3.05) is 31.1 Å². The monoisotopic (exact) mass is 324 g/mol. The van der Waals surface area contributed by atoms with Gasteiger partial charge < -0.3 is 9.42 Å². The zero-order chi connectivity index (χ0) is 16.4. The lowest BCUT2D eigenvalue weighted by atomic mass is 10.3. The van der Waals surface area contributed by atoms with Crippen LogP contribution in [-0.4, -0.2) is 51.2 Å². The smallest absolute Gasteiger partial charge is 0.280 e. The van der Waals surface area contributed by atoms with Crippen LogP contribution < -0.4 is 4.90 Å². The first-order chi connectivity index (χ1) is 11.0. The zero-order valence-electron chi connectivity index (χ0n) is 13.0. The molecule has 124 valence electrons. The van der Waals surface area contributed by atoms with E-state index in [9.17, 15) is 8.78 Å². The SMILES string of the molecule is Cc1nc(C(F)F)cc(N2CCN(Cc3noc(C)n3)CC2)n1. The molecule has 1 saturated heterocycles. The molecular weight excluding hydrogens is 306 g/mol. The molecular formula is C14H18F2N6O. The van der Waals surface area contributed by atoms with E-state index in [0.29, 0.717) is 43.0 Å². The number of aromatic nitrogens is 4. The van der Waals surface area contributed by atoms with E-state index in [4.69, 9.17) is 4.52 Å². The maximum absolute atomic E-state index is 12.9. The molecule has 0 N–H and O–H groups in total. The van der Waals surface area contributed by atoms with Gasteiger partial charge >= 0.3 is 0 Å². The lowest BCUT2D eigenvalue weighted by molar-refractivity contribution is 0.145. The number of piperazine rings is 1. The van der Waals surface area contributed by atoms with Gasteiger partial charge in [0.25, 0.3) is 6.43 Å². The molecule has 1 aliphatic heterocycles. The number of hydrogen-bond donors (Lipinski definition) is 0. The Hall–Kier alpha value is -2.16. The molecule has 23 heavy (non-hydrogen) atoms. The number of aryl methyl sites for hydroxylation is 2. The summed E-state index contributed by atoms with van der Waals surface area (Å²) < 4.78 is 30.7. The second-order valence-corrected chi connectivity index (χ2v) is 5.49. The Morgan fingerprint density at radius 3 is 2.48 bits per heavy atom. The van der Waals surface area contributed by atoms with Gasteiger partial charge in [0.15, 0.2) is 5.82 Å². The quantitative estimate of drug-likeness (QED) is 0.848. The fourth-order valence-corrected chi connectivity index (χ4v) is 2.59. The molecule has 3 rings (SSSR count). The molecule has 2 aromatic rings. The van der Waals surface area contributed by atoms with Crippen molar-refractivity contribution in [3.8, 4) is 0 Å². The number of alkyl halides is 2. The van der Waals surface area contributed by atoms with Crippen LogP contribution in [0.2, 0.25) is 0 Å². The van der Waals surface area contributed by atoms with Crippen LogP contribution in [0.3, 0.4) is 0 Å². The molecule has 0 saturated carbocycles. The third-order valence-corrected chi connectivity index (χ3v) is 3.70. The molecule has 3 heterocycles. The van der Waals surface area contributed by atoms with Crippen molar-refractivity contribution in [3.05, 3.63) is 29.3 Å². The Morgan fingerprint density at radius 1 is 1.13 bits per heavy atom. The third kappa shape index (κ3) is 3.79. The van der Waals surface area contributed by atoms with E-state index in [1.54, 1.807) is 13.8 Å². The van der Waals surface area contributed by atoms with Gasteiger partial charge in [-0.2, -0.15) is 4.98 Å². The van der Waals surface area contributed by atoms with Crippen LogP contribution in [0.4, 0.5) is 14.6 Å². The molecule has 0 aliphatic carbocycles. The van der Waals surface area contributed by atoms with Crippen LogP contribution in [0.5, 0.6) is 0 Å². The van der Waals surface area contributed by atoms with Crippen molar-refractivity contribution in [3.63, 3.8) is 0 Å². The van der Waals surface area contributed by atoms with Crippen molar-refractivity contribution >= 4 is 5.82 Å². The van der Waals surface area contributed by atoms with Gasteiger partial charge in [0.05, 0.1) is 6.54 Å². The van der Waals surface area contributed by atoms with Crippen molar-refractivity contribution in [1.29, 1.82) is 0 Å². The van der Waals surface area contributed by atoms with Gasteiger partial charge in [-0.3, -0.25) is 4.90 Å². The zero-order valence-corrected chi connectivity index (χ0v) is 13.0. The summed E-state index contributed by atoms with van der Waals surface area (Å²) in [6, 6.07) is 1.37. The number of nitrogens with zero attached hydrogens (tertiary/aromatic N) is 6. The summed E-state index contributed by atoms with van der Waals surface area (Å²) in [6.45, 7) is 6.97. The van der Waals surface area contributed by atoms with Crippen LogP contribution in [-0.2, 0) is 6.54 Å². The second kappa shape index (κ2) is 6.53. The summed E-state index contributed by atoms with van der Waals surface area (Å²) >= 11 is 0. The Bertz CT molecular complexity index is 669. The predicted octanol–water partition coefficient (Wildman–Crippen LogP) is 1.74. The molecule has 0 spiro atoms. The fraction of sp³-hybridized carbons (Fsp3) is 0.571. The van der Waals surface area contributed by atoms with Crippen molar-refractivity contribution in [1.82, 2.24) is 25.0 Å². The summed E-state index contributed by atoms with van der Waals surface area (Å²) in [5, 5.41) is 3.88. The van der Waals surface area contributed by atoms with Gasteiger partial charge in [-0.1, -0.05) is 5.16 Å². The second-order valence-electron chi connectivity index (χ2n) is 5.49. The highest BCUT2D eigenvalue weighted by Crippen LogP contribution is 2.22. The first-order valence-corrected chi connectivity index (χ1v) is 7.41. The minimum Gasteiger partial charge on any atom is -0.354 e. The average Bonchev–Trinajstić information content (AvgIpc) is 2.92. The van der Waals surface area contributed by atoms with Gasteiger partial charge in [0.2, 0.25) is 5.89 Å². The molecule has 7 nitrogen and oxygen atoms in total. The Labute approximate surface area is 132 Å². The highest BCUT2D eigenvalue weighted by Gasteiger charge is 2.21. The van der Waals surface area contributed by atoms with Crippen LogP contribution in [0.1, 0.15) is 29.7 Å². The minimum absolute atomic E-state index is 0.225. The number of halogens is 2. The van der Waals surface area contributed by atoms with Gasteiger partial charge in [-0.25, -0.2) is 18.7 Å². The highest BCUT2D eigenvalue weighted by atomic mass is 19.3. The van der Waals surface area contributed by atoms with E-state index < -0.39 is 6.43 Å².